The van der Waals surface area contributed by atoms with Gasteiger partial charge in [0.2, 0.25) is 0 Å². The van der Waals surface area contributed by atoms with Crippen molar-refractivity contribution in [2.24, 2.45) is 0 Å². The molecule has 1 aromatic carbocycles. The van der Waals surface area contributed by atoms with Crippen LogP contribution < -0.4 is 20.7 Å². The van der Waals surface area contributed by atoms with Crippen LogP contribution in [0.15, 0.2) is 28.7 Å². The van der Waals surface area contributed by atoms with Crippen molar-refractivity contribution >= 4 is 41.3 Å². The summed E-state index contributed by atoms with van der Waals surface area (Å²) in [6.45, 7) is 2.00. The molecule has 1 aliphatic heterocycles. The normalized spacial score (nSPS) is 13.9. The molecule has 1 aromatic rings. The third-order valence-electron chi connectivity index (χ3n) is 1.74. The van der Waals surface area contributed by atoms with Crippen LogP contribution in [0, 0.1) is 0 Å². The van der Waals surface area contributed by atoms with Crippen molar-refractivity contribution in [1.82, 2.24) is 0 Å². The van der Waals surface area contributed by atoms with Crippen LogP contribution in [-0.4, -0.2) is 34.9 Å². The predicted molar refractivity (Wildman–Crippen MR) is 59.6 cm³/mol. The summed E-state index contributed by atoms with van der Waals surface area (Å²) in [5, 5.41) is 0. The van der Waals surface area contributed by atoms with Crippen LogP contribution in [0.3, 0.4) is 0 Å². The topological polar surface area (TPSA) is 9.23 Å². The molecule has 1 nitrogen and oxygen atoms in total. The Morgan fingerprint density at radius 1 is 1.07 bits per heavy atom. The van der Waals surface area contributed by atoms with Crippen LogP contribution in [0.1, 0.15) is 12.8 Å². The molecule has 0 aliphatic carbocycles. The van der Waals surface area contributed by atoms with E-state index in [0.29, 0.717) is 0 Å². The zero-order valence-electron chi connectivity index (χ0n) is 8.01. The van der Waals surface area contributed by atoms with Crippen molar-refractivity contribution < 1.29 is 21.7 Å². The first-order valence-electron chi connectivity index (χ1n) is 4.44. The summed E-state index contributed by atoms with van der Waals surface area (Å²) in [7, 11) is 0. The monoisotopic (exact) mass is 330 g/mol. The second kappa shape index (κ2) is 9.16. The van der Waals surface area contributed by atoms with E-state index < -0.39 is 0 Å². The first-order valence-corrected chi connectivity index (χ1v) is 5.94. The van der Waals surface area contributed by atoms with E-state index >= 15 is 0 Å². The quantitative estimate of drug-likeness (QED) is 0.557. The van der Waals surface area contributed by atoms with Gasteiger partial charge in [0.25, 0.3) is 0 Å². The average molecular weight is 332 g/mol. The SMILES string of the molecule is C1CCOC1.[Br-].[Mg+][c]1ccc(Br)cc1. The summed E-state index contributed by atoms with van der Waals surface area (Å²) < 4.78 is 7.42. The summed E-state index contributed by atoms with van der Waals surface area (Å²) in [6.07, 6.45) is 2.56. The Hall–Kier alpha value is 0.906. The molecule has 1 saturated heterocycles. The number of hydrogen-bond donors (Lipinski definition) is 0. The van der Waals surface area contributed by atoms with Gasteiger partial charge in [0.05, 0.1) is 0 Å². The van der Waals surface area contributed by atoms with E-state index in [0.717, 1.165) is 17.7 Å². The predicted octanol–water partition coefficient (Wildman–Crippen LogP) is -0.956. The Labute approximate surface area is 117 Å². The first kappa shape index (κ1) is 14.9. The number of ether oxygens (including phenoxy) is 1. The summed E-state index contributed by atoms with van der Waals surface area (Å²) in [4.78, 5) is 0. The molecule has 0 atom stereocenters. The molecule has 0 radical (unpaired) electrons. The van der Waals surface area contributed by atoms with E-state index in [-0.39, 0.29) is 17.0 Å². The maximum atomic E-state index is 4.94. The van der Waals surface area contributed by atoms with Crippen LogP contribution in [0.5, 0.6) is 0 Å². The van der Waals surface area contributed by atoms with E-state index in [1.165, 1.54) is 16.5 Å². The van der Waals surface area contributed by atoms with Gasteiger partial charge in [-0.1, -0.05) is 0 Å². The fourth-order valence-corrected chi connectivity index (χ4v) is 1.49. The summed E-state index contributed by atoms with van der Waals surface area (Å²) in [6, 6.07) is 8.26. The molecule has 74 valence electrons. The third-order valence-corrected chi connectivity index (χ3v) is 2.74. The molecular formula is C10H12Br2MgO. The molecule has 0 spiro atoms. The fourth-order valence-electron chi connectivity index (χ4n) is 0.995. The number of benzene rings is 1. The Balaban J connectivity index is 0.000000246. The van der Waals surface area contributed by atoms with Gasteiger partial charge in [-0.25, -0.2) is 0 Å². The van der Waals surface area contributed by atoms with Crippen LogP contribution in [0.2, 0.25) is 0 Å². The molecule has 0 N–H and O–H groups in total. The van der Waals surface area contributed by atoms with E-state index in [9.17, 15) is 0 Å². The number of rotatable bonds is 0. The van der Waals surface area contributed by atoms with Gasteiger partial charge in [0.15, 0.2) is 0 Å². The minimum absolute atomic E-state index is 0. The van der Waals surface area contributed by atoms with Crippen LogP contribution in [0.25, 0.3) is 0 Å². The minimum atomic E-state index is 0. The second-order valence-electron chi connectivity index (χ2n) is 2.95. The van der Waals surface area contributed by atoms with Crippen molar-refractivity contribution in [3.05, 3.63) is 28.7 Å². The molecule has 14 heavy (non-hydrogen) atoms. The molecule has 0 unspecified atom stereocenters. The number of halogens is 2. The fraction of sp³-hybridized carbons (Fsp3) is 0.400. The van der Waals surface area contributed by atoms with Gasteiger partial charge in [0.1, 0.15) is 0 Å². The Morgan fingerprint density at radius 3 is 1.86 bits per heavy atom. The van der Waals surface area contributed by atoms with Gasteiger partial charge in [-0.3, -0.25) is 0 Å². The van der Waals surface area contributed by atoms with Crippen molar-refractivity contribution in [1.29, 1.82) is 0 Å². The molecule has 0 aromatic heterocycles. The zero-order valence-corrected chi connectivity index (χ0v) is 12.6. The van der Waals surface area contributed by atoms with E-state index in [1.807, 2.05) is 33.8 Å². The molecule has 1 heterocycles. The molecular weight excluding hydrogens is 320 g/mol. The van der Waals surface area contributed by atoms with E-state index in [4.69, 9.17) is 4.74 Å². The Kier molecular flexibility index (Phi) is 9.75. The van der Waals surface area contributed by atoms with Gasteiger partial charge in [0, 0.05) is 13.2 Å². The molecule has 1 fully saturated rings. The van der Waals surface area contributed by atoms with Crippen molar-refractivity contribution in [2.45, 2.75) is 12.8 Å². The molecule has 4 heteroatoms. The first-order chi connectivity index (χ1) is 6.29. The second-order valence-corrected chi connectivity index (χ2v) is 4.68. The molecule has 0 bridgehead atoms. The summed E-state index contributed by atoms with van der Waals surface area (Å²) >= 11 is 5.24. The van der Waals surface area contributed by atoms with Crippen molar-refractivity contribution in [3.8, 4) is 0 Å². The molecule has 2 rings (SSSR count). The molecule has 0 saturated carbocycles. The summed E-state index contributed by atoms with van der Waals surface area (Å²) in [5.74, 6) is 0. The van der Waals surface area contributed by atoms with Crippen LogP contribution in [0.4, 0.5) is 0 Å². The van der Waals surface area contributed by atoms with Crippen LogP contribution in [-0.2, 0) is 4.74 Å². The van der Waals surface area contributed by atoms with Crippen molar-refractivity contribution in [2.75, 3.05) is 13.2 Å². The van der Waals surface area contributed by atoms with E-state index in [1.54, 1.807) is 0 Å². The van der Waals surface area contributed by atoms with Crippen LogP contribution >= 0.6 is 15.9 Å². The average Bonchev–Trinajstić information content (AvgIpc) is 2.68. The molecule has 1 aliphatic rings. The third kappa shape index (κ3) is 7.23. The standard InChI is InChI=1S/C6H4Br.C4H8O.BrH.Mg/c7-6-4-2-1-3-5-6;1-2-4-5-3-1;;/h2-5H;1-4H2;1H;/q;;;+1/p-1. The Bertz CT molecular complexity index is 206. The van der Waals surface area contributed by atoms with Gasteiger partial charge in [-0.05, 0) is 12.8 Å². The van der Waals surface area contributed by atoms with Gasteiger partial charge >= 0.3 is 70.1 Å². The maximum absolute atomic E-state index is 4.94. The van der Waals surface area contributed by atoms with Crippen molar-refractivity contribution in [3.63, 3.8) is 0 Å². The van der Waals surface area contributed by atoms with Gasteiger partial charge < -0.3 is 21.7 Å². The van der Waals surface area contributed by atoms with E-state index in [2.05, 4.69) is 28.1 Å². The Morgan fingerprint density at radius 2 is 1.57 bits per heavy atom. The zero-order chi connectivity index (χ0) is 9.52. The molecule has 0 amide bonds. The summed E-state index contributed by atoms with van der Waals surface area (Å²) in [5.41, 5.74) is 0. The number of hydrogen-bond acceptors (Lipinski definition) is 1. The van der Waals surface area contributed by atoms with Gasteiger partial charge in [-0.2, -0.15) is 0 Å². The van der Waals surface area contributed by atoms with Gasteiger partial charge in [-0.15, -0.1) is 0 Å².